The molecule has 6 bridgehead atoms. The van der Waals surface area contributed by atoms with Gasteiger partial charge in [-0.25, -0.2) is 9.59 Å². The van der Waals surface area contributed by atoms with Crippen LogP contribution in [0.2, 0.25) is 0 Å². The summed E-state index contributed by atoms with van der Waals surface area (Å²) in [4.78, 5) is 169. The molecule has 6 aliphatic carbocycles. The van der Waals surface area contributed by atoms with Gasteiger partial charge in [0, 0.05) is 35.5 Å². The average Bonchev–Trinajstić information content (AvgIpc) is 1.53. The van der Waals surface area contributed by atoms with E-state index in [4.69, 9.17) is 33.2 Å². The van der Waals surface area contributed by atoms with Crippen molar-refractivity contribution in [2.45, 2.75) is 358 Å². The van der Waals surface area contributed by atoms with Crippen molar-refractivity contribution < 1.29 is 239 Å². The Morgan fingerprint density at radius 3 is 1.07 bits per heavy atom. The van der Waals surface area contributed by atoms with E-state index >= 15 is 0 Å². The van der Waals surface area contributed by atoms with Crippen molar-refractivity contribution in [3.8, 4) is 0 Å². The van der Waals surface area contributed by atoms with Crippen molar-refractivity contribution >= 4 is 83.6 Å². The quantitative estimate of drug-likeness (QED) is 0.0319. The molecule has 0 aromatic heterocycles. The monoisotopic (exact) mass is 2050 g/mol. The molecule has 6 saturated carbocycles. The van der Waals surface area contributed by atoms with Gasteiger partial charge >= 0.3 is 133 Å². The molecule has 138 heavy (non-hydrogen) atoms. The van der Waals surface area contributed by atoms with Gasteiger partial charge in [-0.3, -0.25) is 57.5 Å². The Bertz CT molecular complexity index is 4340. The summed E-state index contributed by atoms with van der Waals surface area (Å²) in [5.74, 6) is -22.5. The van der Waals surface area contributed by atoms with Gasteiger partial charge in [0.1, 0.15) is 42.2 Å². The lowest BCUT2D eigenvalue weighted by atomic mass is 9.73. The Kier molecular flexibility index (Phi) is 38.1. The molecule has 3 aliphatic heterocycles. The minimum absolute atomic E-state index is 0.0190. The molecule has 794 valence electrons. The fourth-order valence-electron chi connectivity index (χ4n) is 15.2. The van der Waals surface area contributed by atoms with Gasteiger partial charge < -0.3 is 66.3 Å². The van der Waals surface area contributed by atoms with Gasteiger partial charge in [-0.2, -0.15) is 105 Å². The highest BCUT2D eigenvalue weighted by Gasteiger charge is 2.78. The lowest BCUT2D eigenvalue weighted by Gasteiger charge is -2.33. The second kappa shape index (κ2) is 43.4. The summed E-state index contributed by atoms with van der Waals surface area (Å²) in [5, 5.41) is 0. The van der Waals surface area contributed by atoms with Crippen LogP contribution in [-0.2, 0) is 133 Å². The molecule has 0 aromatic carbocycles. The largest absolute Gasteiger partial charge is 0.460 e. The second-order valence-electron chi connectivity index (χ2n) is 39.0. The number of hydrogen-bond donors (Lipinski definition) is 0. The first-order valence-corrected chi connectivity index (χ1v) is 43.4. The van der Waals surface area contributed by atoms with Crippen LogP contribution in [0.4, 0.5) is 105 Å². The van der Waals surface area contributed by atoms with Gasteiger partial charge in [-0.15, -0.1) is 0 Å². The molecule has 0 spiro atoms. The van der Waals surface area contributed by atoms with Crippen molar-refractivity contribution in [3.05, 3.63) is 0 Å². The van der Waals surface area contributed by atoms with Gasteiger partial charge in [-0.05, 0) is 181 Å². The van der Waals surface area contributed by atoms with Crippen molar-refractivity contribution in [1.82, 2.24) is 0 Å². The number of fused-ring (bicyclic) bond motifs is 3. The zero-order valence-corrected chi connectivity index (χ0v) is 79.1. The summed E-state index contributed by atoms with van der Waals surface area (Å²) >= 11 is 0. The van der Waals surface area contributed by atoms with Crippen LogP contribution in [0.1, 0.15) is 230 Å². The highest BCUT2D eigenvalue weighted by atomic mass is 19.4. The van der Waals surface area contributed by atoms with Crippen LogP contribution in [0, 0.1) is 91.2 Å². The Morgan fingerprint density at radius 1 is 0.370 bits per heavy atom. The zero-order chi connectivity index (χ0) is 108. The number of carbonyl (C=O) groups is 14. The average molecular weight is 2050 g/mol. The Labute approximate surface area is 776 Å². The highest BCUT2D eigenvalue weighted by Crippen LogP contribution is 2.66. The molecule has 0 aromatic rings. The molecule has 0 N–H and O–H groups in total. The Hall–Kier alpha value is -9.10. The van der Waals surface area contributed by atoms with Crippen LogP contribution < -0.4 is 0 Å². The van der Waals surface area contributed by atoms with Gasteiger partial charge in [0.2, 0.25) is 0 Å². The third-order valence-electron chi connectivity index (χ3n) is 25.9. The summed E-state index contributed by atoms with van der Waals surface area (Å²) in [6.45, 7) is 34.0. The first kappa shape index (κ1) is 121. The standard InChI is InChI=1S/C18H20F6O6.C18H23F3O6.C17H21F3O6.C15H17F9O6.C10H20O2.C8H13F3O2/c1-4-16(2,3)15(27)29-11-7-5-6-8(12(25)28-10(6)11)9(7)13(26)30-14(17(19,20)21)18(22,23)24;1-5-16(3,4)13(22)26-11-9-6-10-12(11)27-15(24)17(10,7-9)14(23)25-8(2)18(19,20)21;1-4-7(2)13(21)25-11-9-5-10-12(11)26-15(23)16(10,6-9)14(22)24-8(3)17(18,19)20;1-5-12(3,4)11(27)29-7(8(25)28-6(2)13(16,17)18)9(26)30-10(14(19,20)21)15(22,23)24;1-7-10(5,6)8(11)12-9(2,3)4;1-4-7(2,3)6(12)13-5-8(9,10)11/h6-11,14H,4-5H2,1-3H3;8-12H,5-7H2,1-4H3;7-12H,4-6H2,1-3H3;6-7,10H,5H2,1-4H3;7H2,1-6H3;4-5H2,1-3H3. The number of hydrogen-bond acceptors (Lipinski definition) is 28. The summed E-state index contributed by atoms with van der Waals surface area (Å²) in [6, 6.07) is 0. The van der Waals surface area contributed by atoms with Gasteiger partial charge in [0.15, 0.2) is 35.7 Å². The molecule has 52 heteroatoms. The molecule has 28 nitrogen and oxygen atoms in total. The number of carbonyl (C=O) groups excluding carboxylic acids is 14. The first-order chi connectivity index (χ1) is 62.0. The summed E-state index contributed by atoms with van der Waals surface area (Å²) in [7, 11) is 0. The molecule has 3 saturated heterocycles. The zero-order valence-electron chi connectivity index (χ0n) is 79.1. The summed E-state index contributed by atoms with van der Waals surface area (Å²) in [5.41, 5.74) is -8.14. The van der Waals surface area contributed by atoms with Crippen LogP contribution in [-0.4, -0.2) is 218 Å². The maximum Gasteiger partial charge on any atom is 0.434 e. The molecule has 0 amide bonds. The molecule has 21 unspecified atom stereocenters. The van der Waals surface area contributed by atoms with E-state index in [0.29, 0.717) is 38.5 Å². The van der Waals surface area contributed by atoms with Crippen LogP contribution in [0.5, 0.6) is 0 Å². The molecular weight excluding hydrogens is 1940 g/mol. The number of alkyl halides is 24. The minimum Gasteiger partial charge on any atom is -0.460 e. The fourth-order valence-corrected chi connectivity index (χ4v) is 15.2. The first-order valence-electron chi connectivity index (χ1n) is 43.4. The molecule has 9 aliphatic rings. The lowest BCUT2D eigenvalue weighted by Crippen LogP contribution is -2.50. The molecular formula is C86H114F24O28. The normalized spacial score (nSPS) is 26.9. The maximum atomic E-state index is 12.8. The molecule has 0 radical (unpaired) electrons. The number of esters is 14. The third-order valence-corrected chi connectivity index (χ3v) is 25.9. The van der Waals surface area contributed by atoms with E-state index in [1.807, 2.05) is 55.4 Å². The van der Waals surface area contributed by atoms with E-state index < -0.39 is 275 Å². The van der Waals surface area contributed by atoms with Crippen LogP contribution in [0.3, 0.4) is 0 Å². The maximum absolute atomic E-state index is 12.8. The molecule has 9 rings (SSSR count). The third kappa shape index (κ3) is 28.7. The SMILES string of the molecule is CCC(C)(C)C(=O)OC(C(=O)OC(C)C(F)(F)F)C(=O)OC(C(F)(F)F)C(F)(F)F.CCC(C)(C)C(=O)OC(C)(C)C.CCC(C)(C)C(=O)OC1C2CC3C1OC(=O)C3(C(=O)OC(C)C(F)(F)F)C2.CCC(C)(C)C(=O)OC1C2CC3C1OC(=O)C3C2C(=O)OC(C(F)(F)F)C(F)(F)F.CCC(C)(C)C(=O)OCC(F)(F)F.CCC(C)C(=O)OC1C2CC3C1OC(=O)C3(C(=O)OC(C)C(F)(F)F)C2. The summed E-state index contributed by atoms with van der Waals surface area (Å²) < 4.78 is 366. The fraction of sp³-hybridized carbons (Fsp3) is 0.837. The van der Waals surface area contributed by atoms with Crippen LogP contribution >= 0.6 is 0 Å². The van der Waals surface area contributed by atoms with Crippen molar-refractivity contribution in [1.29, 1.82) is 0 Å². The van der Waals surface area contributed by atoms with Crippen molar-refractivity contribution in [3.63, 3.8) is 0 Å². The van der Waals surface area contributed by atoms with E-state index in [0.717, 1.165) is 34.1 Å². The lowest BCUT2D eigenvalue weighted by molar-refractivity contribution is -0.315. The van der Waals surface area contributed by atoms with E-state index in [2.05, 4.69) is 33.2 Å². The van der Waals surface area contributed by atoms with E-state index in [1.165, 1.54) is 6.92 Å². The van der Waals surface area contributed by atoms with Crippen LogP contribution in [0.25, 0.3) is 0 Å². The predicted molar refractivity (Wildman–Crippen MR) is 417 cm³/mol. The van der Waals surface area contributed by atoms with E-state index in [9.17, 15) is 172 Å². The molecule has 9 fully saturated rings. The highest BCUT2D eigenvalue weighted by molar-refractivity contribution is 6.04. The van der Waals surface area contributed by atoms with Gasteiger partial charge in [0.25, 0.3) is 18.3 Å². The summed E-state index contributed by atoms with van der Waals surface area (Å²) in [6.07, 6.45) is -64.5. The Balaban J connectivity index is 0.000000355. The molecule has 21 atom stereocenters. The van der Waals surface area contributed by atoms with Crippen LogP contribution in [0.15, 0.2) is 0 Å². The van der Waals surface area contributed by atoms with Gasteiger partial charge in [-0.1, -0.05) is 48.5 Å². The topological polar surface area (TPSA) is 368 Å². The van der Waals surface area contributed by atoms with Gasteiger partial charge in [0.05, 0.1) is 44.8 Å². The smallest absolute Gasteiger partial charge is 0.434 e. The Morgan fingerprint density at radius 2 is 0.710 bits per heavy atom. The second-order valence-corrected chi connectivity index (χ2v) is 39.0. The number of halogens is 24. The van der Waals surface area contributed by atoms with Crippen molar-refractivity contribution in [2.24, 2.45) is 91.2 Å². The number of rotatable bonds is 27. The predicted octanol–water partition coefficient (Wildman–Crippen LogP) is 17.5. The minimum atomic E-state index is -6.19. The number of ether oxygens (including phenoxy) is 14. The van der Waals surface area contributed by atoms with Crippen molar-refractivity contribution in [2.75, 3.05) is 6.61 Å². The van der Waals surface area contributed by atoms with E-state index in [1.54, 1.807) is 62.3 Å². The van der Waals surface area contributed by atoms with E-state index in [-0.39, 0.29) is 67.3 Å². The molecule has 3 heterocycles.